The first-order valence-corrected chi connectivity index (χ1v) is 9.29. The predicted molar refractivity (Wildman–Crippen MR) is 104 cm³/mol. The molecule has 0 unspecified atom stereocenters. The number of fused-ring (bicyclic) bond motifs is 1. The Morgan fingerprint density at radius 3 is 2.78 bits per heavy atom. The summed E-state index contributed by atoms with van der Waals surface area (Å²) in [6, 6.07) is 14.0. The second kappa shape index (κ2) is 7.48. The average molecular weight is 366 g/mol. The van der Waals surface area contributed by atoms with E-state index in [1.807, 2.05) is 25.2 Å². The molecule has 1 amide bonds. The Labute approximate surface area is 157 Å². The molecule has 27 heavy (non-hydrogen) atoms. The highest BCUT2D eigenvalue weighted by atomic mass is 19.1. The molecule has 0 radical (unpaired) electrons. The minimum absolute atomic E-state index is 0.00342. The minimum Gasteiger partial charge on any atom is -0.330 e. The van der Waals surface area contributed by atoms with Crippen LogP contribution in [0.4, 0.5) is 10.1 Å². The first-order chi connectivity index (χ1) is 13.1. The van der Waals surface area contributed by atoms with Crippen LogP contribution in [0.1, 0.15) is 18.7 Å². The Hall–Kier alpha value is -2.73. The number of likely N-dealkylation sites (tertiary alicyclic amines) is 1. The topological polar surface area (TPSA) is 50.2 Å². The zero-order valence-electron chi connectivity index (χ0n) is 15.4. The van der Waals surface area contributed by atoms with Crippen molar-refractivity contribution in [2.45, 2.75) is 19.4 Å². The highest BCUT2D eigenvalue weighted by molar-refractivity contribution is 5.92. The fourth-order valence-electron chi connectivity index (χ4n) is 3.73. The molecule has 3 aromatic rings. The van der Waals surface area contributed by atoms with Crippen LogP contribution in [-0.4, -0.2) is 33.4 Å². The highest BCUT2D eigenvalue weighted by Gasteiger charge is 2.26. The highest BCUT2D eigenvalue weighted by Crippen LogP contribution is 2.22. The molecule has 6 heteroatoms. The molecule has 1 saturated heterocycles. The number of nitrogens with one attached hydrogen (secondary N) is 1. The normalized spacial score (nSPS) is 17.9. The van der Waals surface area contributed by atoms with E-state index in [1.165, 1.54) is 12.1 Å². The van der Waals surface area contributed by atoms with Gasteiger partial charge >= 0.3 is 0 Å². The van der Waals surface area contributed by atoms with Crippen LogP contribution in [0.3, 0.4) is 0 Å². The Balaban J connectivity index is 1.42. The average Bonchev–Trinajstić information content (AvgIpc) is 3.00. The van der Waals surface area contributed by atoms with Gasteiger partial charge in [-0.3, -0.25) is 9.69 Å². The number of amides is 1. The zero-order valence-corrected chi connectivity index (χ0v) is 15.4. The maximum Gasteiger partial charge on any atom is 0.228 e. The number of rotatable bonds is 4. The summed E-state index contributed by atoms with van der Waals surface area (Å²) >= 11 is 0. The molecule has 140 valence electrons. The van der Waals surface area contributed by atoms with Crippen molar-refractivity contribution in [3.63, 3.8) is 0 Å². The number of hydrogen-bond donors (Lipinski definition) is 1. The maximum absolute atomic E-state index is 13.0. The number of aryl methyl sites for hydroxylation is 1. The lowest BCUT2D eigenvalue weighted by Gasteiger charge is -2.31. The van der Waals surface area contributed by atoms with Crippen molar-refractivity contribution in [1.29, 1.82) is 0 Å². The summed E-state index contributed by atoms with van der Waals surface area (Å²) in [6.45, 7) is 2.39. The fourth-order valence-corrected chi connectivity index (χ4v) is 3.73. The zero-order chi connectivity index (χ0) is 18.8. The van der Waals surface area contributed by atoms with Gasteiger partial charge in [0.25, 0.3) is 0 Å². The van der Waals surface area contributed by atoms with Crippen LogP contribution in [0.2, 0.25) is 0 Å². The van der Waals surface area contributed by atoms with Gasteiger partial charge in [-0.2, -0.15) is 0 Å². The number of halogens is 1. The minimum atomic E-state index is -0.306. The number of anilines is 1. The summed E-state index contributed by atoms with van der Waals surface area (Å²) in [5, 5.41) is 2.90. The number of aromatic nitrogens is 2. The van der Waals surface area contributed by atoms with Gasteiger partial charge < -0.3 is 9.88 Å². The van der Waals surface area contributed by atoms with E-state index < -0.39 is 0 Å². The molecule has 0 aliphatic carbocycles. The van der Waals surface area contributed by atoms with Crippen LogP contribution in [-0.2, 0) is 18.4 Å². The summed E-state index contributed by atoms with van der Waals surface area (Å²) in [7, 11) is 2.04. The number of para-hydroxylation sites is 2. The van der Waals surface area contributed by atoms with Gasteiger partial charge in [-0.15, -0.1) is 0 Å². The molecule has 1 aliphatic rings. The number of piperidine rings is 1. The van der Waals surface area contributed by atoms with Gasteiger partial charge in [0.15, 0.2) is 0 Å². The van der Waals surface area contributed by atoms with E-state index in [9.17, 15) is 9.18 Å². The van der Waals surface area contributed by atoms with Crippen LogP contribution in [0.25, 0.3) is 11.0 Å². The third-order valence-electron chi connectivity index (χ3n) is 5.23. The molecular formula is C21H23FN4O. The molecular weight excluding hydrogens is 343 g/mol. The second-order valence-electron chi connectivity index (χ2n) is 7.15. The van der Waals surface area contributed by atoms with Gasteiger partial charge in [-0.05, 0) is 55.8 Å². The maximum atomic E-state index is 13.0. The van der Waals surface area contributed by atoms with E-state index in [4.69, 9.17) is 4.98 Å². The second-order valence-corrected chi connectivity index (χ2v) is 7.15. The van der Waals surface area contributed by atoms with E-state index in [0.717, 1.165) is 42.8 Å². The number of carbonyl (C=O) groups is 1. The molecule has 2 heterocycles. The number of benzene rings is 2. The Morgan fingerprint density at radius 2 is 2.00 bits per heavy atom. The molecule has 1 aromatic heterocycles. The first-order valence-electron chi connectivity index (χ1n) is 9.29. The molecule has 1 aliphatic heterocycles. The van der Waals surface area contributed by atoms with Crippen LogP contribution in [0.5, 0.6) is 0 Å². The van der Waals surface area contributed by atoms with Gasteiger partial charge in [0.1, 0.15) is 11.6 Å². The molecule has 0 bridgehead atoms. The molecule has 5 nitrogen and oxygen atoms in total. The fraction of sp³-hybridized carbons (Fsp3) is 0.333. The van der Waals surface area contributed by atoms with E-state index >= 15 is 0 Å². The van der Waals surface area contributed by atoms with Gasteiger partial charge in [0.2, 0.25) is 5.91 Å². The molecule has 1 N–H and O–H groups in total. The monoisotopic (exact) mass is 366 g/mol. The third-order valence-corrected chi connectivity index (χ3v) is 5.23. The number of hydrogen-bond acceptors (Lipinski definition) is 3. The summed E-state index contributed by atoms with van der Waals surface area (Å²) in [4.78, 5) is 19.6. The molecule has 0 saturated carbocycles. The largest absolute Gasteiger partial charge is 0.330 e. The first kappa shape index (κ1) is 17.7. The van der Waals surface area contributed by atoms with E-state index in [-0.39, 0.29) is 17.6 Å². The van der Waals surface area contributed by atoms with Crippen molar-refractivity contribution in [1.82, 2.24) is 14.5 Å². The Kier molecular flexibility index (Phi) is 4.90. The van der Waals surface area contributed by atoms with Crippen LogP contribution in [0.15, 0.2) is 48.5 Å². The quantitative estimate of drug-likeness (QED) is 0.768. The van der Waals surface area contributed by atoms with E-state index in [2.05, 4.69) is 20.9 Å². The van der Waals surface area contributed by atoms with Crippen LogP contribution >= 0.6 is 0 Å². The predicted octanol–water partition coefficient (Wildman–Crippen LogP) is 3.56. The van der Waals surface area contributed by atoms with Crippen molar-refractivity contribution in [3.8, 4) is 0 Å². The summed E-state index contributed by atoms with van der Waals surface area (Å²) in [6.07, 6.45) is 1.84. The SMILES string of the molecule is Cn1c(CN2CCC[C@H](C(=O)Nc3ccc(F)cc3)C2)nc2ccccc21. The van der Waals surface area contributed by atoms with Gasteiger partial charge in [-0.1, -0.05) is 12.1 Å². The molecule has 1 fully saturated rings. The van der Waals surface area contributed by atoms with Gasteiger partial charge in [0.05, 0.1) is 23.5 Å². The van der Waals surface area contributed by atoms with Gasteiger partial charge in [0, 0.05) is 19.3 Å². The molecule has 1 atom stereocenters. The lowest BCUT2D eigenvalue weighted by atomic mass is 9.97. The van der Waals surface area contributed by atoms with Gasteiger partial charge in [-0.25, -0.2) is 9.37 Å². The van der Waals surface area contributed by atoms with E-state index in [0.29, 0.717) is 12.2 Å². The number of imidazole rings is 1. The molecule has 4 rings (SSSR count). The Morgan fingerprint density at radius 1 is 1.22 bits per heavy atom. The van der Waals surface area contributed by atoms with E-state index in [1.54, 1.807) is 12.1 Å². The van der Waals surface area contributed by atoms with Crippen LogP contribution in [0, 0.1) is 11.7 Å². The number of nitrogens with zero attached hydrogens (tertiary/aromatic N) is 3. The van der Waals surface area contributed by atoms with Crippen molar-refractivity contribution in [3.05, 3.63) is 60.2 Å². The lowest BCUT2D eigenvalue weighted by Crippen LogP contribution is -2.40. The Bertz CT molecular complexity index is 950. The number of carbonyl (C=O) groups excluding carboxylic acids is 1. The summed E-state index contributed by atoms with van der Waals surface area (Å²) in [5.41, 5.74) is 2.75. The van der Waals surface area contributed by atoms with Crippen LogP contribution < -0.4 is 5.32 Å². The smallest absolute Gasteiger partial charge is 0.228 e. The summed E-state index contributed by atoms with van der Waals surface area (Å²) in [5.74, 6) is 0.630. The molecule has 0 spiro atoms. The van der Waals surface area contributed by atoms with Crippen molar-refractivity contribution in [2.24, 2.45) is 13.0 Å². The standard InChI is InChI=1S/C21H23FN4O/c1-25-19-7-3-2-6-18(19)24-20(25)14-26-12-4-5-15(13-26)21(27)23-17-10-8-16(22)9-11-17/h2-3,6-11,15H,4-5,12-14H2,1H3,(H,23,27)/t15-/m0/s1. The van der Waals surface area contributed by atoms with Crippen molar-refractivity contribution in [2.75, 3.05) is 18.4 Å². The molecule has 2 aromatic carbocycles. The summed E-state index contributed by atoms with van der Waals surface area (Å²) < 4.78 is 15.1. The van der Waals surface area contributed by atoms with Crippen molar-refractivity contribution >= 4 is 22.6 Å². The third kappa shape index (κ3) is 3.85. The van der Waals surface area contributed by atoms with Crippen molar-refractivity contribution < 1.29 is 9.18 Å². The lowest BCUT2D eigenvalue weighted by molar-refractivity contribution is -0.121.